The Labute approximate surface area is 133 Å². The zero-order valence-electron chi connectivity index (χ0n) is 12.3. The molecule has 4 nitrogen and oxygen atoms in total. The van der Waals surface area contributed by atoms with Gasteiger partial charge in [0.25, 0.3) is 0 Å². The maximum absolute atomic E-state index is 11.7. The highest BCUT2D eigenvalue weighted by atomic mass is 35.5. The number of hydrogen-bond donors (Lipinski definition) is 0. The predicted molar refractivity (Wildman–Crippen MR) is 87.1 cm³/mol. The number of pyridine rings is 3. The van der Waals surface area contributed by atoms with Gasteiger partial charge in [-0.1, -0.05) is 18.5 Å². The van der Waals surface area contributed by atoms with E-state index in [0.717, 1.165) is 27.6 Å². The van der Waals surface area contributed by atoms with Crippen LogP contribution in [0.25, 0.3) is 22.0 Å². The first-order valence-corrected chi connectivity index (χ1v) is 7.38. The maximum atomic E-state index is 11.7. The van der Waals surface area contributed by atoms with E-state index in [-0.39, 0.29) is 5.78 Å². The van der Waals surface area contributed by atoms with Crippen molar-refractivity contribution in [2.45, 2.75) is 20.3 Å². The van der Waals surface area contributed by atoms with E-state index in [1.165, 1.54) is 0 Å². The second kappa shape index (κ2) is 5.81. The first kappa shape index (κ1) is 14.6. The molecule has 0 saturated carbocycles. The Bertz CT molecular complexity index is 877. The van der Waals surface area contributed by atoms with Gasteiger partial charge >= 0.3 is 0 Å². The van der Waals surface area contributed by atoms with Gasteiger partial charge in [0.15, 0.2) is 5.78 Å². The third-order valence-electron chi connectivity index (χ3n) is 3.56. The van der Waals surface area contributed by atoms with Gasteiger partial charge in [0.1, 0.15) is 10.8 Å². The zero-order chi connectivity index (χ0) is 15.7. The molecule has 0 fully saturated rings. The average molecular weight is 312 g/mol. The number of carbonyl (C=O) groups is 1. The summed E-state index contributed by atoms with van der Waals surface area (Å²) in [6.45, 7) is 3.80. The Morgan fingerprint density at radius 1 is 1.09 bits per heavy atom. The van der Waals surface area contributed by atoms with Crippen LogP contribution in [0.2, 0.25) is 5.15 Å². The lowest BCUT2D eigenvalue weighted by molar-refractivity contribution is 0.0983. The zero-order valence-corrected chi connectivity index (χ0v) is 13.1. The quantitative estimate of drug-likeness (QED) is 0.536. The van der Waals surface area contributed by atoms with Crippen LogP contribution in [-0.4, -0.2) is 20.7 Å². The number of hydrogen-bond acceptors (Lipinski definition) is 4. The summed E-state index contributed by atoms with van der Waals surface area (Å²) in [5.41, 5.74) is 4.20. The molecule has 0 saturated heterocycles. The molecular weight excluding hydrogens is 298 g/mol. The van der Waals surface area contributed by atoms with Gasteiger partial charge in [0.05, 0.1) is 5.52 Å². The van der Waals surface area contributed by atoms with Crippen LogP contribution in [0.4, 0.5) is 0 Å². The Kier molecular flexibility index (Phi) is 3.86. The molecule has 110 valence electrons. The topological polar surface area (TPSA) is 55.7 Å². The van der Waals surface area contributed by atoms with Crippen LogP contribution in [0.3, 0.4) is 0 Å². The fourth-order valence-corrected chi connectivity index (χ4v) is 2.49. The number of Topliss-reactive ketones (excluding diaryl/α,β-unsaturated/α-hetero) is 1. The smallest absolute Gasteiger partial charge is 0.180 e. The summed E-state index contributed by atoms with van der Waals surface area (Å²) in [6.07, 6.45) is 5.66. The third kappa shape index (κ3) is 2.70. The molecule has 22 heavy (non-hydrogen) atoms. The van der Waals surface area contributed by atoms with Gasteiger partial charge in [0.2, 0.25) is 0 Å². The third-order valence-corrected chi connectivity index (χ3v) is 3.77. The van der Waals surface area contributed by atoms with E-state index in [0.29, 0.717) is 17.3 Å². The summed E-state index contributed by atoms with van der Waals surface area (Å²) >= 11 is 5.87. The summed E-state index contributed by atoms with van der Waals surface area (Å²) in [4.78, 5) is 24.5. The van der Waals surface area contributed by atoms with E-state index < -0.39 is 0 Å². The van der Waals surface area contributed by atoms with Crippen LogP contribution in [0, 0.1) is 6.92 Å². The van der Waals surface area contributed by atoms with Crippen LogP contribution in [0.1, 0.15) is 29.4 Å². The van der Waals surface area contributed by atoms with Crippen molar-refractivity contribution in [2.24, 2.45) is 0 Å². The average Bonchev–Trinajstić information content (AvgIpc) is 2.53. The van der Waals surface area contributed by atoms with Crippen molar-refractivity contribution in [3.05, 3.63) is 53.2 Å². The summed E-state index contributed by atoms with van der Waals surface area (Å²) in [6, 6.07) is 5.55. The van der Waals surface area contributed by atoms with Crippen molar-refractivity contribution in [3.8, 4) is 11.1 Å². The molecule has 0 aliphatic rings. The molecule has 0 N–H and O–H groups in total. The van der Waals surface area contributed by atoms with Gasteiger partial charge in [-0.15, -0.1) is 0 Å². The summed E-state index contributed by atoms with van der Waals surface area (Å²) in [5.74, 6) is 0.0464. The van der Waals surface area contributed by atoms with Gasteiger partial charge in [-0.3, -0.25) is 14.8 Å². The van der Waals surface area contributed by atoms with E-state index in [1.807, 2.05) is 26.0 Å². The van der Waals surface area contributed by atoms with E-state index >= 15 is 0 Å². The fraction of sp³-hybridized carbons (Fsp3) is 0.176. The molecular formula is C17H14ClN3O. The molecule has 3 aromatic heterocycles. The largest absolute Gasteiger partial charge is 0.292 e. The molecule has 0 bridgehead atoms. The summed E-state index contributed by atoms with van der Waals surface area (Å²) < 4.78 is 0. The predicted octanol–water partition coefficient (Wildman–Crippen LogP) is 4.25. The lowest BCUT2D eigenvalue weighted by Gasteiger charge is -2.08. The normalized spacial score (nSPS) is 10.9. The lowest BCUT2D eigenvalue weighted by atomic mass is 10.0. The molecule has 0 unspecified atom stereocenters. The molecule has 0 aliphatic carbocycles. The van der Waals surface area contributed by atoms with E-state index in [4.69, 9.17) is 11.6 Å². The monoisotopic (exact) mass is 311 g/mol. The number of nitrogens with zero attached hydrogens (tertiary/aromatic N) is 3. The van der Waals surface area contributed by atoms with Crippen molar-refractivity contribution in [1.82, 2.24) is 15.0 Å². The van der Waals surface area contributed by atoms with Crippen molar-refractivity contribution in [2.75, 3.05) is 0 Å². The SMILES string of the molecule is CCC(=O)c1cc(C)c(-c2cnc3cc(Cl)ncc3c2)cn1. The second-order valence-corrected chi connectivity index (χ2v) is 5.47. The van der Waals surface area contributed by atoms with Crippen molar-refractivity contribution in [3.63, 3.8) is 0 Å². The number of aryl methyl sites for hydroxylation is 1. The number of rotatable bonds is 3. The van der Waals surface area contributed by atoms with Gasteiger partial charge in [-0.2, -0.15) is 0 Å². The van der Waals surface area contributed by atoms with Crippen molar-refractivity contribution < 1.29 is 4.79 Å². The molecule has 0 aromatic carbocycles. The first-order chi connectivity index (χ1) is 10.6. The van der Waals surface area contributed by atoms with E-state index in [9.17, 15) is 4.79 Å². The number of carbonyl (C=O) groups excluding carboxylic acids is 1. The molecule has 0 aliphatic heterocycles. The number of ketones is 1. The van der Waals surface area contributed by atoms with Crippen molar-refractivity contribution in [1.29, 1.82) is 0 Å². The maximum Gasteiger partial charge on any atom is 0.180 e. The minimum absolute atomic E-state index is 0.0464. The van der Waals surface area contributed by atoms with Gasteiger partial charge < -0.3 is 0 Å². The molecule has 3 rings (SSSR count). The Hall–Kier alpha value is -2.33. The highest BCUT2D eigenvalue weighted by molar-refractivity contribution is 6.30. The molecule has 3 heterocycles. The van der Waals surface area contributed by atoms with Crippen LogP contribution in [0.5, 0.6) is 0 Å². The first-order valence-electron chi connectivity index (χ1n) is 7.00. The molecule has 0 amide bonds. The molecule has 0 spiro atoms. The Morgan fingerprint density at radius 2 is 1.91 bits per heavy atom. The summed E-state index contributed by atoms with van der Waals surface area (Å²) in [5, 5.41) is 1.34. The minimum Gasteiger partial charge on any atom is -0.292 e. The van der Waals surface area contributed by atoms with Gasteiger partial charge in [-0.05, 0) is 24.6 Å². The Morgan fingerprint density at radius 3 is 2.64 bits per heavy atom. The van der Waals surface area contributed by atoms with E-state index in [2.05, 4.69) is 15.0 Å². The van der Waals surface area contributed by atoms with E-state index in [1.54, 1.807) is 24.7 Å². The van der Waals surface area contributed by atoms with Gasteiger partial charge in [0, 0.05) is 47.6 Å². The van der Waals surface area contributed by atoms with Crippen LogP contribution in [0.15, 0.2) is 36.8 Å². The highest BCUT2D eigenvalue weighted by Crippen LogP contribution is 2.26. The highest BCUT2D eigenvalue weighted by Gasteiger charge is 2.10. The molecule has 0 radical (unpaired) electrons. The van der Waals surface area contributed by atoms with Crippen LogP contribution < -0.4 is 0 Å². The molecule has 0 atom stereocenters. The van der Waals surface area contributed by atoms with Gasteiger partial charge in [-0.25, -0.2) is 4.98 Å². The van der Waals surface area contributed by atoms with Crippen molar-refractivity contribution >= 4 is 28.3 Å². The summed E-state index contributed by atoms with van der Waals surface area (Å²) in [7, 11) is 0. The molecule has 3 aromatic rings. The Balaban J connectivity index is 2.07. The number of halogens is 1. The second-order valence-electron chi connectivity index (χ2n) is 5.08. The number of aromatic nitrogens is 3. The fourth-order valence-electron chi connectivity index (χ4n) is 2.34. The number of fused-ring (bicyclic) bond motifs is 1. The van der Waals surface area contributed by atoms with Crippen LogP contribution in [-0.2, 0) is 0 Å². The van der Waals surface area contributed by atoms with Crippen LogP contribution >= 0.6 is 11.6 Å². The lowest BCUT2D eigenvalue weighted by Crippen LogP contribution is -2.01. The molecule has 5 heteroatoms. The minimum atomic E-state index is 0.0464. The standard InChI is InChI=1S/C17H14ClN3O/c1-3-16(22)15-4-10(2)13(9-20-15)11-5-12-8-21-17(18)6-14(12)19-7-11/h4-9H,3H2,1-2H3.